The summed E-state index contributed by atoms with van der Waals surface area (Å²) in [6.45, 7) is 3.94. The van der Waals surface area contributed by atoms with E-state index in [2.05, 4.69) is 15.6 Å². The Kier molecular flexibility index (Phi) is 5.41. The second-order valence-electron chi connectivity index (χ2n) is 5.35. The summed E-state index contributed by atoms with van der Waals surface area (Å²) in [5.41, 5.74) is 1.12. The molecule has 6 heteroatoms. The minimum Gasteiger partial charge on any atom is -0.349 e. The molecular weight excluding hydrogens is 297 g/mol. The van der Waals surface area contributed by atoms with E-state index in [1.165, 1.54) is 18.2 Å². The van der Waals surface area contributed by atoms with E-state index < -0.39 is 5.91 Å². The molecule has 2 N–H and O–H groups in total. The summed E-state index contributed by atoms with van der Waals surface area (Å²) >= 11 is 0. The number of aromatic nitrogens is 1. The zero-order chi connectivity index (χ0) is 16.8. The molecule has 0 spiro atoms. The van der Waals surface area contributed by atoms with Gasteiger partial charge in [0, 0.05) is 12.6 Å². The van der Waals surface area contributed by atoms with E-state index in [9.17, 15) is 14.0 Å². The van der Waals surface area contributed by atoms with E-state index in [0.717, 1.165) is 5.56 Å². The summed E-state index contributed by atoms with van der Waals surface area (Å²) in [5.74, 6) is -1.05. The molecule has 0 fully saturated rings. The van der Waals surface area contributed by atoms with Crippen LogP contribution >= 0.6 is 0 Å². The number of amides is 2. The van der Waals surface area contributed by atoms with Crippen LogP contribution in [0.5, 0.6) is 0 Å². The molecule has 1 aromatic heterocycles. The summed E-state index contributed by atoms with van der Waals surface area (Å²) < 4.78 is 12.8. The molecule has 0 aliphatic heterocycles. The molecule has 0 atom stereocenters. The van der Waals surface area contributed by atoms with Crippen LogP contribution in [-0.4, -0.2) is 22.8 Å². The number of hydrogen-bond donors (Lipinski definition) is 2. The van der Waals surface area contributed by atoms with Gasteiger partial charge in [-0.3, -0.25) is 9.59 Å². The van der Waals surface area contributed by atoms with Crippen molar-refractivity contribution in [2.45, 2.75) is 26.4 Å². The molecule has 23 heavy (non-hydrogen) atoms. The van der Waals surface area contributed by atoms with Gasteiger partial charge in [0.1, 0.15) is 17.2 Å². The fourth-order valence-corrected chi connectivity index (χ4v) is 1.90. The number of pyridine rings is 1. The first-order valence-electron chi connectivity index (χ1n) is 7.26. The predicted octanol–water partition coefficient (Wildman–Crippen LogP) is 2.29. The van der Waals surface area contributed by atoms with Crippen LogP contribution < -0.4 is 10.6 Å². The van der Waals surface area contributed by atoms with Crippen LogP contribution in [-0.2, 0) is 6.54 Å². The summed E-state index contributed by atoms with van der Waals surface area (Å²) in [6.07, 6.45) is 0. The van der Waals surface area contributed by atoms with E-state index in [1.54, 1.807) is 24.3 Å². The molecule has 1 heterocycles. The number of nitrogens with one attached hydrogen (secondary N) is 2. The lowest BCUT2D eigenvalue weighted by Crippen LogP contribution is -2.31. The van der Waals surface area contributed by atoms with E-state index >= 15 is 0 Å². The minimum atomic E-state index is -0.395. The van der Waals surface area contributed by atoms with Crippen molar-refractivity contribution in [1.82, 2.24) is 15.6 Å². The highest BCUT2D eigenvalue weighted by Crippen LogP contribution is 2.04. The van der Waals surface area contributed by atoms with Gasteiger partial charge >= 0.3 is 0 Å². The number of benzene rings is 1. The molecule has 0 saturated carbocycles. The molecule has 2 aromatic rings. The highest BCUT2D eigenvalue weighted by atomic mass is 19.1. The Labute approximate surface area is 133 Å². The maximum absolute atomic E-state index is 12.8. The summed E-state index contributed by atoms with van der Waals surface area (Å²) in [4.78, 5) is 28.1. The lowest BCUT2D eigenvalue weighted by molar-refractivity contribution is 0.0936. The van der Waals surface area contributed by atoms with E-state index in [4.69, 9.17) is 0 Å². The molecular formula is C17H18FN3O2. The third-order valence-electron chi connectivity index (χ3n) is 3.00. The largest absolute Gasteiger partial charge is 0.349 e. The number of carbonyl (C=O) groups is 2. The second-order valence-corrected chi connectivity index (χ2v) is 5.35. The molecule has 0 aliphatic rings. The van der Waals surface area contributed by atoms with Gasteiger partial charge in [-0.2, -0.15) is 0 Å². The lowest BCUT2D eigenvalue weighted by Gasteiger charge is -2.09. The first kappa shape index (κ1) is 16.6. The van der Waals surface area contributed by atoms with E-state index in [-0.39, 0.29) is 35.7 Å². The minimum absolute atomic E-state index is 0.0136. The van der Waals surface area contributed by atoms with Gasteiger partial charge in [-0.1, -0.05) is 18.2 Å². The van der Waals surface area contributed by atoms with Gasteiger partial charge in [-0.15, -0.1) is 0 Å². The number of carbonyl (C=O) groups excluding carboxylic acids is 2. The Morgan fingerprint density at radius 2 is 1.65 bits per heavy atom. The number of nitrogens with zero attached hydrogens (tertiary/aromatic N) is 1. The van der Waals surface area contributed by atoms with Crippen molar-refractivity contribution in [3.05, 3.63) is 65.2 Å². The third kappa shape index (κ3) is 4.88. The maximum Gasteiger partial charge on any atom is 0.270 e. The summed E-state index contributed by atoms with van der Waals surface area (Å²) in [6, 6.07) is 10.5. The summed E-state index contributed by atoms with van der Waals surface area (Å²) in [7, 11) is 0. The van der Waals surface area contributed by atoms with Crippen molar-refractivity contribution in [3.8, 4) is 0 Å². The Morgan fingerprint density at radius 1 is 1.04 bits per heavy atom. The molecule has 120 valence electrons. The second kappa shape index (κ2) is 7.49. The molecule has 0 unspecified atom stereocenters. The van der Waals surface area contributed by atoms with Crippen molar-refractivity contribution in [2.24, 2.45) is 0 Å². The fourth-order valence-electron chi connectivity index (χ4n) is 1.90. The summed E-state index contributed by atoms with van der Waals surface area (Å²) in [5, 5.41) is 5.41. The smallest absolute Gasteiger partial charge is 0.270 e. The SMILES string of the molecule is CC(C)NC(=O)c1cccc(C(=O)NCc2ccc(F)cc2)n1. The molecule has 0 radical (unpaired) electrons. The molecule has 1 aromatic carbocycles. The van der Waals surface area contributed by atoms with E-state index in [0.29, 0.717) is 0 Å². The fraction of sp³-hybridized carbons (Fsp3) is 0.235. The highest BCUT2D eigenvalue weighted by Gasteiger charge is 2.12. The van der Waals surface area contributed by atoms with Gasteiger partial charge in [0.2, 0.25) is 0 Å². The van der Waals surface area contributed by atoms with Crippen LogP contribution in [0.2, 0.25) is 0 Å². The number of hydrogen-bond acceptors (Lipinski definition) is 3. The maximum atomic E-state index is 12.8. The monoisotopic (exact) mass is 315 g/mol. The Balaban J connectivity index is 2.02. The van der Waals surface area contributed by atoms with E-state index in [1.807, 2.05) is 13.8 Å². The van der Waals surface area contributed by atoms with Gasteiger partial charge in [0.05, 0.1) is 0 Å². The Hall–Kier alpha value is -2.76. The van der Waals surface area contributed by atoms with Gasteiger partial charge in [-0.05, 0) is 43.7 Å². The van der Waals surface area contributed by atoms with Crippen molar-refractivity contribution < 1.29 is 14.0 Å². The molecule has 0 aliphatic carbocycles. The Bertz CT molecular complexity index is 699. The molecule has 0 saturated heterocycles. The molecule has 2 rings (SSSR count). The van der Waals surface area contributed by atoms with Crippen LogP contribution in [0.3, 0.4) is 0 Å². The van der Waals surface area contributed by atoms with Crippen LogP contribution in [0.15, 0.2) is 42.5 Å². The first-order chi connectivity index (χ1) is 11.0. The predicted molar refractivity (Wildman–Crippen MR) is 84.4 cm³/mol. The van der Waals surface area contributed by atoms with Gasteiger partial charge in [0.25, 0.3) is 11.8 Å². The third-order valence-corrected chi connectivity index (χ3v) is 3.00. The van der Waals surface area contributed by atoms with Crippen LogP contribution in [0.1, 0.15) is 40.4 Å². The quantitative estimate of drug-likeness (QED) is 0.889. The number of rotatable bonds is 5. The van der Waals surface area contributed by atoms with Crippen LogP contribution in [0.4, 0.5) is 4.39 Å². The van der Waals surface area contributed by atoms with Gasteiger partial charge < -0.3 is 10.6 Å². The highest BCUT2D eigenvalue weighted by molar-refractivity contribution is 5.96. The zero-order valence-corrected chi connectivity index (χ0v) is 13.0. The van der Waals surface area contributed by atoms with Crippen molar-refractivity contribution in [1.29, 1.82) is 0 Å². The molecule has 0 bridgehead atoms. The lowest BCUT2D eigenvalue weighted by atomic mass is 10.2. The first-order valence-corrected chi connectivity index (χ1v) is 7.26. The van der Waals surface area contributed by atoms with Crippen molar-refractivity contribution >= 4 is 11.8 Å². The van der Waals surface area contributed by atoms with Crippen LogP contribution in [0.25, 0.3) is 0 Å². The average molecular weight is 315 g/mol. The normalized spacial score (nSPS) is 10.4. The molecule has 5 nitrogen and oxygen atoms in total. The van der Waals surface area contributed by atoms with Gasteiger partial charge in [-0.25, -0.2) is 9.37 Å². The zero-order valence-electron chi connectivity index (χ0n) is 13.0. The van der Waals surface area contributed by atoms with Crippen molar-refractivity contribution in [2.75, 3.05) is 0 Å². The topological polar surface area (TPSA) is 71.1 Å². The van der Waals surface area contributed by atoms with Crippen molar-refractivity contribution in [3.63, 3.8) is 0 Å². The number of halogens is 1. The molecule has 2 amide bonds. The van der Waals surface area contributed by atoms with Crippen LogP contribution in [0, 0.1) is 5.82 Å². The van der Waals surface area contributed by atoms with Gasteiger partial charge in [0.15, 0.2) is 0 Å². The standard InChI is InChI=1S/C17H18FN3O2/c1-11(2)20-17(23)15-5-3-4-14(21-15)16(22)19-10-12-6-8-13(18)9-7-12/h3-9,11H,10H2,1-2H3,(H,19,22)(H,20,23). The Morgan fingerprint density at radius 3 is 2.26 bits per heavy atom. The average Bonchev–Trinajstić information content (AvgIpc) is 2.53.